The molecule has 1 heterocycles. The maximum absolute atomic E-state index is 10.8. The lowest BCUT2D eigenvalue weighted by atomic mass is 9.95. The minimum Gasteiger partial charge on any atom is -0.481 e. The van der Waals surface area contributed by atoms with Crippen molar-refractivity contribution >= 4 is 5.97 Å². The van der Waals surface area contributed by atoms with Crippen molar-refractivity contribution in [2.75, 3.05) is 0 Å². The molecule has 82 valence electrons. The summed E-state index contributed by atoms with van der Waals surface area (Å²) in [5, 5.41) is 13.1. The van der Waals surface area contributed by atoms with E-state index in [4.69, 9.17) is 5.11 Å². The Morgan fingerprint density at radius 2 is 2.27 bits per heavy atom. The summed E-state index contributed by atoms with van der Waals surface area (Å²) in [6.45, 7) is 0. The lowest BCUT2D eigenvalue weighted by Crippen LogP contribution is -2.21. The van der Waals surface area contributed by atoms with Gasteiger partial charge in [-0.3, -0.25) is 9.48 Å². The first kappa shape index (κ1) is 10.2. The van der Waals surface area contributed by atoms with Crippen LogP contribution in [0.15, 0.2) is 18.5 Å². The van der Waals surface area contributed by atoms with Gasteiger partial charge in [-0.2, -0.15) is 5.10 Å². The molecule has 0 bridgehead atoms. The number of nitrogens with zero attached hydrogens (tertiary/aromatic N) is 2. The molecule has 1 N–H and O–H groups in total. The molecule has 2 rings (SSSR count). The maximum atomic E-state index is 10.8. The van der Waals surface area contributed by atoms with Crippen LogP contribution >= 0.6 is 0 Å². The summed E-state index contributed by atoms with van der Waals surface area (Å²) < 4.78 is 1.81. The summed E-state index contributed by atoms with van der Waals surface area (Å²) in [6, 6.07) is 1.89. The van der Waals surface area contributed by atoms with Crippen LogP contribution in [-0.4, -0.2) is 20.9 Å². The van der Waals surface area contributed by atoms with Gasteiger partial charge in [-0.25, -0.2) is 0 Å². The Morgan fingerprint density at radius 3 is 2.80 bits per heavy atom. The van der Waals surface area contributed by atoms with Gasteiger partial charge in [0.15, 0.2) is 0 Å². The molecule has 1 unspecified atom stereocenters. The van der Waals surface area contributed by atoms with Crippen molar-refractivity contribution in [3.05, 3.63) is 18.5 Å². The lowest BCUT2D eigenvalue weighted by molar-refractivity contribution is -0.138. The fourth-order valence-corrected chi connectivity index (χ4v) is 2.47. The van der Waals surface area contributed by atoms with Crippen molar-refractivity contribution in [1.29, 1.82) is 0 Å². The van der Waals surface area contributed by atoms with Crippen molar-refractivity contribution in [2.24, 2.45) is 5.92 Å². The van der Waals surface area contributed by atoms with Crippen molar-refractivity contribution < 1.29 is 9.90 Å². The molecule has 4 nitrogen and oxygen atoms in total. The molecule has 1 aromatic heterocycles. The number of carboxylic acids is 1. The van der Waals surface area contributed by atoms with Gasteiger partial charge in [0.05, 0.1) is 12.5 Å². The third-order valence-electron chi connectivity index (χ3n) is 3.19. The SMILES string of the molecule is O=C(O)CC(C1CCCC1)n1cccn1. The van der Waals surface area contributed by atoms with Gasteiger partial charge >= 0.3 is 5.97 Å². The zero-order valence-corrected chi connectivity index (χ0v) is 8.67. The summed E-state index contributed by atoms with van der Waals surface area (Å²) in [5.74, 6) is -0.247. The highest BCUT2D eigenvalue weighted by molar-refractivity contribution is 5.67. The van der Waals surface area contributed by atoms with Crippen molar-refractivity contribution in [2.45, 2.75) is 38.1 Å². The van der Waals surface area contributed by atoms with Crippen LogP contribution < -0.4 is 0 Å². The highest BCUT2D eigenvalue weighted by atomic mass is 16.4. The van der Waals surface area contributed by atoms with E-state index in [0.29, 0.717) is 5.92 Å². The first-order valence-electron chi connectivity index (χ1n) is 5.48. The van der Waals surface area contributed by atoms with Crippen molar-refractivity contribution in [1.82, 2.24) is 9.78 Å². The third kappa shape index (κ3) is 2.37. The van der Waals surface area contributed by atoms with E-state index in [-0.39, 0.29) is 12.5 Å². The van der Waals surface area contributed by atoms with Crippen LogP contribution in [0.2, 0.25) is 0 Å². The number of rotatable bonds is 4. The van der Waals surface area contributed by atoms with Gasteiger partial charge in [0.25, 0.3) is 0 Å². The van der Waals surface area contributed by atoms with Gasteiger partial charge < -0.3 is 5.11 Å². The zero-order valence-electron chi connectivity index (χ0n) is 8.67. The molecule has 15 heavy (non-hydrogen) atoms. The molecule has 0 amide bonds. The summed E-state index contributed by atoms with van der Waals surface area (Å²) in [7, 11) is 0. The van der Waals surface area contributed by atoms with Crippen LogP contribution in [0.5, 0.6) is 0 Å². The van der Waals surface area contributed by atoms with Crippen LogP contribution in [0, 0.1) is 5.92 Å². The number of carbonyl (C=O) groups is 1. The Bertz CT molecular complexity index is 315. The van der Waals surface area contributed by atoms with Crippen LogP contribution in [0.3, 0.4) is 0 Å². The van der Waals surface area contributed by atoms with Crippen LogP contribution in [0.1, 0.15) is 38.1 Å². The van der Waals surface area contributed by atoms with Gasteiger partial charge in [-0.15, -0.1) is 0 Å². The van der Waals surface area contributed by atoms with Gasteiger partial charge in [0.2, 0.25) is 0 Å². The van der Waals surface area contributed by atoms with Crippen LogP contribution in [0.4, 0.5) is 0 Å². The largest absolute Gasteiger partial charge is 0.481 e. The predicted octanol–water partition coefficient (Wildman–Crippen LogP) is 2.09. The Kier molecular flexibility index (Phi) is 3.04. The molecular formula is C11H16N2O2. The normalized spacial score (nSPS) is 19.2. The number of aliphatic carboxylic acids is 1. The molecule has 0 aliphatic heterocycles. The first-order valence-corrected chi connectivity index (χ1v) is 5.48. The second-order valence-corrected chi connectivity index (χ2v) is 4.20. The fourth-order valence-electron chi connectivity index (χ4n) is 2.47. The Morgan fingerprint density at radius 1 is 1.53 bits per heavy atom. The molecule has 0 spiro atoms. The minimum absolute atomic E-state index is 0.0417. The Hall–Kier alpha value is -1.32. The quantitative estimate of drug-likeness (QED) is 0.824. The highest BCUT2D eigenvalue weighted by Gasteiger charge is 2.28. The molecule has 0 radical (unpaired) electrons. The molecule has 0 aromatic carbocycles. The number of hydrogen-bond acceptors (Lipinski definition) is 2. The summed E-state index contributed by atoms with van der Waals surface area (Å²) in [6.07, 6.45) is 8.49. The van der Waals surface area contributed by atoms with Crippen molar-refractivity contribution in [3.63, 3.8) is 0 Å². The number of aromatic nitrogens is 2. The van der Waals surface area contributed by atoms with E-state index < -0.39 is 5.97 Å². The summed E-state index contributed by atoms with van der Waals surface area (Å²) in [5.41, 5.74) is 0. The van der Waals surface area contributed by atoms with E-state index in [1.54, 1.807) is 6.20 Å². The molecule has 1 saturated carbocycles. The topological polar surface area (TPSA) is 55.1 Å². The zero-order chi connectivity index (χ0) is 10.7. The number of carboxylic acid groups (broad SMARTS) is 1. The summed E-state index contributed by atoms with van der Waals surface area (Å²) in [4.78, 5) is 10.8. The average Bonchev–Trinajstić information content (AvgIpc) is 2.87. The first-order chi connectivity index (χ1) is 7.27. The third-order valence-corrected chi connectivity index (χ3v) is 3.19. The van der Waals surface area contributed by atoms with Crippen molar-refractivity contribution in [3.8, 4) is 0 Å². The lowest BCUT2D eigenvalue weighted by Gasteiger charge is -2.22. The number of hydrogen-bond donors (Lipinski definition) is 1. The van der Waals surface area contributed by atoms with E-state index in [1.807, 2.05) is 16.9 Å². The molecule has 1 aliphatic rings. The molecule has 0 saturated heterocycles. The fraction of sp³-hybridized carbons (Fsp3) is 0.636. The monoisotopic (exact) mass is 208 g/mol. The molecule has 4 heteroatoms. The second kappa shape index (κ2) is 4.47. The molecular weight excluding hydrogens is 192 g/mol. The smallest absolute Gasteiger partial charge is 0.305 e. The van der Waals surface area contributed by atoms with E-state index in [9.17, 15) is 4.79 Å². The maximum Gasteiger partial charge on any atom is 0.305 e. The predicted molar refractivity (Wildman–Crippen MR) is 55.5 cm³/mol. The van der Waals surface area contributed by atoms with E-state index in [2.05, 4.69) is 5.10 Å². The standard InChI is InChI=1S/C11H16N2O2/c14-11(15)8-10(9-4-1-2-5-9)13-7-3-6-12-13/h3,6-7,9-10H,1-2,4-5,8H2,(H,14,15). The van der Waals surface area contributed by atoms with Gasteiger partial charge in [-0.1, -0.05) is 12.8 Å². The average molecular weight is 208 g/mol. The van der Waals surface area contributed by atoms with Crippen LogP contribution in [0.25, 0.3) is 0 Å². The molecule has 1 atom stereocenters. The van der Waals surface area contributed by atoms with Gasteiger partial charge in [0.1, 0.15) is 0 Å². The van der Waals surface area contributed by atoms with E-state index in [0.717, 1.165) is 12.8 Å². The van der Waals surface area contributed by atoms with Gasteiger partial charge in [0, 0.05) is 12.4 Å². The highest BCUT2D eigenvalue weighted by Crippen LogP contribution is 2.35. The molecule has 1 aliphatic carbocycles. The molecule has 1 aromatic rings. The Balaban J connectivity index is 2.12. The Labute approximate surface area is 88.9 Å². The van der Waals surface area contributed by atoms with E-state index >= 15 is 0 Å². The second-order valence-electron chi connectivity index (χ2n) is 4.20. The summed E-state index contributed by atoms with van der Waals surface area (Å²) >= 11 is 0. The minimum atomic E-state index is -0.734. The van der Waals surface area contributed by atoms with E-state index in [1.165, 1.54) is 12.8 Å². The van der Waals surface area contributed by atoms with Crippen LogP contribution in [-0.2, 0) is 4.79 Å². The molecule has 1 fully saturated rings. The van der Waals surface area contributed by atoms with Gasteiger partial charge in [-0.05, 0) is 24.8 Å².